The van der Waals surface area contributed by atoms with Gasteiger partial charge < -0.3 is 20.2 Å². The van der Waals surface area contributed by atoms with Gasteiger partial charge in [-0.3, -0.25) is 0 Å². The first-order valence-electron chi connectivity index (χ1n) is 6.50. The highest BCUT2D eigenvalue weighted by Gasteiger charge is 2.13. The third kappa shape index (κ3) is 5.30. The lowest BCUT2D eigenvalue weighted by Gasteiger charge is -2.18. The van der Waals surface area contributed by atoms with E-state index in [1.165, 1.54) is 0 Å². The van der Waals surface area contributed by atoms with Crippen LogP contribution < -0.4 is 10.6 Å². The summed E-state index contributed by atoms with van der Waals surface area (Å²) in [6.45, 7) is 7.94. The van der Waals surface area contributed by atoms with Crippen molar-refractivity contribution in [1.29, 1.82) is 0 Å². The Kier molecular flexibility index (Phi) is 5.82. The summed E-state index contributed by atoms with van der Waals surface area (Å²) in [5.41, 5.74) is 0.824. The van der Waals surface area contributed by atoms with Crippen LogP contribution in [0.5, 0.6) is 0 Å². The van der Waals surface area contributed by atoms with Gasteiger partial charge in [-0.1, -0.05) is 13.8 Å². The van der Waals surface area contributed by atoms with Crippen molar-refractivity contribution in [1.82, 2.24) is 15.6 Å². The van der Waals surface area contributed by atoms with E-state index >= 15 is 0 Å². The normalized spacial score (nSPS) is 12.5. The summed E-state index contributed by atoms with van der Waals surface area (Å²) < 4.78 is 5.36. The number of aliphatic hydroxyl groups excluding tert-OH is 1. The van der Waals surface area contributed by atoms with Crippen molar-refractivity contribution >= 4 is 6.03 Å². The van der Waals surface area contributed by atoms with Crippen LogP contribution in [0.25, 0.3) is 0 Å². The second kappa shape index (κ2) is 7.13. The summed E-state index contributed by atoms with van der Waals surface area (Å²) >= 11 is 0. The van der Waals surface area contributed by atoms with Crippen LogP contribution in [0.2, 0.25) is 0 Å². The number of nitrogens with zero attached hydrogens (tertiary/aromatic N) is 1. The highest BCUT2D eigenvalue weighted by molar-refractivity contribution is 5.74. The topological polar surface area (TPSA) is 87.4 Å². The smallest absolute Gasteiger partial charge is 0.315 e. The van der Waals surface area contributed by atoms with Gasteiger partial charge in [0.2, 0.25) is 5.89 Å². The molecule has 1 aromatic rings. The number of oxazole rings is 1. The number of nitrogens with one attached hydrogen (secondary N) is 2. The van der Waals surface area contributed by atoms with E-state index < -0.39 is 0 Å². The van der Waals surface area contributed by atoms with Crippen LogP contribution in [-0.4, -0.2) is 28.8 Å². The van der Waals surface area contributed by atoms with E-state index in [1.54, 1.807) is 0 Å². The molecule has 1 atom stereocenters. The zero-order valence-corrected chi connectivity index (χ0v) is 12.0. The van der Waals surface area contributed by atoms with Gasteiger partial charge in [-0.15, -0.1) is 0 Å². The van der Waals surface area contributed by atoms with Gasteiger partial charge in [-0.05, 0) is 26.2 Å². The van der Waals surface area contributed by atoms with Gasteiger partial charge in [0.15, 0.2) is 0 Å². The highest BCUT2D eigenvalue weighted by atomic mass is 16.4. The van der Waals surface area contributed by atoms with Crippen molar-refractivity contribution in [3.8, 4) is 0 Å². The number of urea groups is 1. The minimum absolute atomic E-state index is 0.0666. The van der Waals surface area contributed by atoms with Crippen LogP contribution in [0, 0.1) is 19.8 Å². The SMILES string of the molecule is Cc1nc(CNC(=O)NC(CO)CC(C)C)oc1C. The van der Waals surface area contributed by atoms with Crippen molar-refractivity contribution in [2.24, 2.45) is 5.92 Å². The highest BCUT2D eigenvalue weighted by Crippen LogP contribution is 2.07. The van der Waals surface area contributed by atoms with Crippen molar-refractivity contribution < 1.29 is 14.3 Å². The minimum atomic E-state index is -0.326. The number of carbonyl (C=O) groups excluding carboxylic acids is 1. The zero-order valence-electron chi connectivity index (χ0n) is 12.0. The molecule has 6 nitrogen and oxygen atoms in total. The fourth-order valence-electron chi connectivity index (χ4n) is 1.76. The van der Waals surface area contributed by atoms with E-state index in [9.17, 15) is 9.90 Å². The van der Waals surface area contributed by atoms with Gasteiger partial charge in [0.05, 0.1) is 24.9 Å². The summed E-state index contributed by atoms with van der Waals surface area (Å²) in [4.78, 5) is 15.8. The van der Waals surface area contributed by atoms with Crippen LogP contribution in [0.3, 0.4) is 0 Å². The molecule has 6 heteroatoms. The van der Waals surface area contributed by atoms with Crippen LogP contribution >= 0.6 is 0 Å². The van der Waals surface area contributed by atoms with Crippen molar-refractivity contribution in [3.05, 3.63) is 17.3 Å². The first kappa shape index (κ1) is 15.5. The molecule has 1 heterocycles. The molecular weight excluding hydrogens is 246 g/mol. The quantitative estimate of drug-likeness (QED) is 0.730. The van der Waals surface area contributed by atoms with Crippen LogP contribution in [0.15, 0.2) is 4.42 Å². The summed E-state index contributed by atoms with van der Waals surface area (Å²) in [7, 11) is 0. The number of carbonyl (C=O) groups is 1. The second-order valence-electron chi connectivity index (χ2n) is 5.09. The summed E-state index contributed by atoms with van der Waals surface area (Å²) in [6, 6.07) is -0.554. The summed E-state index contributed by atoms with van der Waals surface area (Å²) in [5, 5.41) is 14.6. The number of aromatic nitrogens is 1. The van der Waals surface area contributed by atoms with Gasteiger partial charge >= 0.3 is 6.03 Å². The Morgan fingerprint density at radius 3 is 2.58 bits per heavy atom. The van der Waals surface area contributed by atoms with E-state index in [0.29, 0.717) is 11.8 Å². The van der Waals surface area contributed by atoms with E-state index in [2.05, 4.69) is 15.6 Å². The Morgan fingerprint density at radius 1 is 1.42 bits per heavy atom. The molecule has 0 spiro atoms. The van der Waals surface area contributed by atoms with E-state index in [-0.39, 0.29) is 25.2 Å². The third-order valence-corrected chi connectivity index (χ3v) is 2.78. The lowest BCUT2D eigenvalue weighted by Crippen LogP contribution is -2.44. The lowest BCUT2D eigenvalue weighted by atomic mass is 10.0. The molecule has 0 aromatic carbocycles. The molecule has 0 fully saturated rings. The first-order valence-corrected chi connectivity index (χ1v) is 6.50. The second-order valence-corrected chi connectivity index (χ2v) is 5.09. The van der Waals surface area contributed by atoms with E-state index in [1.807, 2.05) is 27.7 Å². The molecular formula is C13H23N3O3. The van der Waals surface area contributed by atoms with Gasteiger partial charge in [0, 0.05) is 0 Å². The predicted octanol–water partition coefficient (Wildman–Crippen LogP) is 1.50. The summed E-state index contributed by atoms with van der Waals surface area (Å²) in [6.07, 6.45) is 0.737. The molecule has 1 unspecified atom stereocenters. The maximum absolute atomic E-state index is 11.7. The molecule has 1 aromatic heterocycles. The molecule has 108 valence electrons. The molecule has 0 aliphatic heterocycles. The Balaban J connectivity index is 2.38. The Hall–Kier alpha value is -1.56. The molecule has 0 aliphatic rings. The van der Waals surface area contributed by atoms with Gasteiger partial charge in [0.1, 0.15) is 5.76 Å². The Bertz CT molecular complexity index is 396. The third-order valence-electron chi connectivity index (χ3n) is 2.78. The van der Waals surface area contributed by atoms with Gasteiger partial charge in [-0.2, -0.15) is 0 Å². The van der Waals surface area contributed by atoms with Crippen LogP contribution in [0.4, 0.5) is 4.79 Å². The van der Waals surface area contributed by atoms with Crippen molar-refractivity contribution in [3.63, 3.8) is 0 Å². The molecule has 0 aliphatic carbocycles. The average Bonchev–Trinajstić information content (AvgIpc) is 2.65. The van der Waals surface area contributed by atoms with Crippen molar-refractivity contribution in [2.45, 2.75) is 46.7 Å². The van der Waals surface area contributed by atoms with Gasteiger partial charge in [0.25, 0.3) is 0 Å². The monoisotopic (exact) mass is 269 g/mol. The molecule has 2 amide bonds. The van der Waals surface area contributed by atoms with Gasteiger partial charge in [-0.25, -0.2) is 9.78 Å². The first-order chi connectivity index (χ1) is 8.92. The number of rotatable bonds is 6. The van der Waals surface area contributed by atoms with Crippen LogP contribution in [0.1, 0.15) is 37.6 Å². The fraction of sp³-hybridized carbons (Fsp3) is 0.692. The molecule has 0 saturated heterocycles. The maximum atomic E-state index is 11.7. The van der Waals surface area contributed by atoms with Crippen LogP contribution in [-0.2, 0) is 6.54 Å². The Labute approximate surface area is 113 Å². The molecule has 3 N–H and O–H groups in total. The zero-order chi connectivity index (χ0) is 14.4. The lowest BCUT2D eigenvalue weighted by molar-refractivity contribution is 0.206. The average molecular weight is 269 g/mol. The molecule has 0 saturated carbocycles. The Morgan fingerprint density at radius 2 is 2.11 bits per heavy atom. The maximum Gasteiger partial charge on any atom is 0.315 e. The fourth-order valence-corrected chi connectivity index (χ4v) is 1.76. The molecule has 0 bridgehead atoms. The van der Waals surface area contributed by atoms with E-state index in [4.69, 9.17) is 4.42 Å². The minimum Gasteiger partial charge on any atom is -0.444 e. The number of amides is 2. The standard InChI is InChI=1S/C13H23N3O3/c1-8(2)5-11(7-17)16-13(18)14-6-12-15-9(3)10(4)19-12/h8,11,17H,5-7H2,1-4H3,(H2,14,16,18). The number of aliphatic hydroxyl groups is 1. The largest absolute Gasteiger partial charge is 0.444 e. The summed E-state index contributed by atoms with van der Waals surface area (Å²) in [5.74, 6) is 1.65. The number of hydrogen-bond acceptors (Lipinski definition) is 4. The number of hydrogen-bond donors (Lipinski definition) is 3. The van der Waals surface area contributed by atoms with Crippen molar-refractivity contribution in [2.75, 3.05) is 6.61 Å². The number of aryl methyl sites for hydroxylation is 2. The van der Waals surface area contributed by atoms with E-state index in [0.717, 1.165) is 17.9 Å². The molecule has 0 radical (unpaired) electrons. The molecule has 19 heavy (non-hydrogen) atoms. The predicted molar refractivity (Wildman–Crippen MR) is 71.7 cm³/mol. The molecule has 1 rings (SSSR count).